The third-order valence-corrected chi connectivity index (χ3v) is 5.19. The van der Waals surface area contributed by atoms with E-state index >= 15 is 0 Å². The molecule has 1 aromatic heterocycles. The van der Waals surface area contributed by atoms with Crippen LogP contribution in [0.2, 0.25) is 0 Å². The van der Waals surface area contributed by atoms with E-state index in [4.69, 9.17) is 9.47 Å². The zero-order valence-corrected chi connectivity index (χ0v) is 14.8. The first kappa shape index (κ1) is 16.7. The normalized spacial score (nSPS) is 20.0. The van der Waals surface area contributed by atoms with Crippen molar-refractivity contribution in [1.29, 1.82) is 0 Å². The van der Waals surface area contributed by atoms with Crippen molar-refractivity contribution in [3.8, 4) is 11.5 Å². The number of pyridine rings is 1. The third kappa shape index (κ3) is 3.19. The molecule has 0 bridgehead atoms. The van der Waals surface area contributed by atoms with Crippen LogP contribution in [0.15, 0.2) is 47.4 Å². The minimum atomic E-state index is -0.592. The fourth-order valence-corrected chi connectivity index (χ4v) is 3.60. The Morgan fingerprint density at radius 2 is 1.85 bits per heavy atom. The van der Waals surface area contributed by atoms with Crippen LogP contribution in [0.1, 0.15) is 24.3 Å². The topological polar surface area (TPSA) is 60.8 Å². The maximum absolute atomic E-state index is 12.8. The van der Waals surface area contributed by atoms with Crippen LogP contribution in [-0.2, 0) is 11.8 Å². The molecule has 1 aromatic carbocycles. The molecule has 1 amide bonds. The minimum absolute atomic E-state index is 0.00688. The van der Waals surface area contributed by atoms with E-state index in [0.717, 1.165) is 18.4 Å². The molecule has 0 N–H and O–H groups in total. The molecule has 136 valence electrons. The first-order valence-electron chi connectivity index (χ1n) is 8.95. The van der Waals surface area contributed by atoms with Crippen molar-refractivity contribution >= 4 is 5.91 Å². The number of nitrogens with zero attached hydrogens (tertiary/aromatic N) is 2. The first-order chi connectivity index (χ1) is 12.6. The fraction of sp³-hybridized carbons (Fsp3) is 0.400. The number of likely N-dealkylation sites (tertiary alicyclic amines) is 1. The van der Waals surface area contributed by atoms with Crippen molar-refractivity contribution in [2.45, 2.75) is 24.9 Å². The van der Waals surface area contributed by atoms with Crippen molar-refractivity contribution in [1.82, 2.24) is 9.47 Å². The lowest BCUT2D eigenvalue weighted by Gasteiger charge is -2.35. The summed E-state index contributed by atoms with van der Waals surface area (Å²) >= 11 is 0. The summed E-state index contributed by atoms with van der Waals surface area (Å²) in [6, 6.07) is 11.1. The number of hydrogen-bond acceptors (Lipinski definition) is 4. The molecule has 2 aromatic rings. The fourth-order valence-electron chi connectivity index (χ4n) is 3.60. The predicted molar refractivity (Wildman–Crippen MR) is 96.6 cm³/mol. The van der Waals surface area contributed by atoms with E-state index in [1.54, 1.807) is 23.9 Å². The SMILES string of the molecule is Cn1ccc(C2CCN(C(=O)C3COc4ccccc4O3)CC2)cc1=O. The monoisotopic (exact) mass is 354 g/mol. The van der Waals surface area contributed by atoms with E-state index in [2.05, 4.69) is 0 Å². The highest BCUT2D eigenvalue weighted by molar-refractivity contribution is 5.82. The molecule has 0 spiro atoms. The van der Waals surface area contributed by atoms with E-state index < -0.39 is 6.10 Å². The second-order valence-electron chi connectivity index (χ2n) is 6.87. The quantitative estimate of drug-likeness (QED) is 0.827. The van der Waals surface area contributed by atoms with Crippen LogP contribution in [0.4, 0.5) is 0 Å². The third-order valence-electron chi connectivity index (χ3n) is 5.19. The number of hydrogen-bond donors (Lipinski definition) is 0. The lowest BCUT2D eigenvalue weighted by atomic mass is 9.90. The van der Waals surface area contributed by atoms with Gasteiger partial charge in [-0.3, -0.25) is 9.59 Å². The summed E-state index contributed by atoms with van der Waals surface area (Å²) < 4.78 is 13.1. The molecule has 2 aliphatic heterocycles. The van der Waals surface area contributed by atoms with Crippen LogP contribution in [0.5, 0.6) is 11.5 Å². The van der Waals surface area contributed by atoms with Gasteiger partial charge in [-0.05, 0) is 42.5 Å². The van der Waals surface area contributed by atoms with Gasteiger partial charge >= 0.3 is 0 Å². The molecule has 26 heavy (non-hydrogen) atoms. The largest absolute Gasteiger partial charge is 0.485 e. The lowest BCUT2D eigenvalue weighted by Crippen LogP contribution is -2.48. The lowest BCUT2D eigenvalue weighted by molar-refractivity contribution is -0.142. The van der Waals surface area contributed by atoms with Crippen molar-refractivity contribution in [3.63, 3.8) is 0 Å². The Morgan fingerprint density at radius 1 is 1.12 bits per heavy atom. The number of fused-ring (bicyclic) bond motifs is 1. The zero-order valence-electron chi connectivity index (χ0n) is 14.8. The highest BCUT2D eigenvalue weighted by Gasteiger charge is 2.33. The standard InChI is InChI=1S/C20H22N2O4/c1-21-9-6-15(12-19(21)23)14-7-10-22(11-8-14)20(24)18-13-25-16-4-2-3-5-17(16)26-18/h2-6,9,12,14,18H,7-8,10-11,13H2,1H3. The van der Waals surface area contributed by atoms with Crippen molar-refractivity contribution < 1.29 is 14.3 Å². The summed E-state index contributed by atoms with van der Waals surface area (Å²) in [6.45, 7) is 1.57. The minimum Gasteiger partial charge on any atom is -0.485 e. The first-order valence-corrected chi connectivity index (χ1v) is 8.95. The summed E-state index contributed by atoms with van der Waals surface area (Å²) in [7, 11) is 1.75. The second-order valence-corrected chi connectivity index (χ2v) is 6.87. The van der Waals surface area contributed by atoms with Gasteiger partial charge < -0.3 is 18.9 Å². The van der Waals surface area contributed by atoms with E-state index in [-0.39, 0.29) is 18.1 Å². The van der Waals surface area contributed by atoms with Gasteiger partial charge in [0.05, 0.1) is 0 Å². The van der Waals surface area contributed by atoms with Gasteiger partial charge in [0.25, 0.3) is 11.5 Å². The molecule has 4 rings (SSSR count). The number of piperidine rings is 1. The maximum atomic E-state index is 12.8. The summed E-state index contributed by atoms with van der Waals surface area (Å²) in [5.74, 6) is 1.59. The molecule has 1 atom stereocenters. The second kappa shape index (κ2) is 6.86. The number of ether oxygens (including phenoxy) is 2. The molecule has 2 aliphatic rings. The summed E-state index contributed by atoms with van der Waals surface area (Å²) in [4.78, 5) is 26.4. The van der Waals surface area contributed by atoms with Crippen molar-refractivity contribution in [2.24, 2.45) is 7.05 Å². The van der Waals surface area contributed by atoms with Crippen molar-refractivity contribution in [2.75, 3.05) is 19.7 Å². The Bertz CT molecular complexity index is 868. The number of para-hydroxylation sites is 2. The Hall–Kier alpha value is -2.76. The number of carbonyl (C=O) groups excluding carboxylic acids is 1. The van der Waals surface area contributed by atoms with Gasteiger partial charge in [0.2, 0.25) is 6.10 Å². The number of aryl methyl sites for hydroxylation is 1. The van der Waals surface area contributed by atoms with Crippen LogP contribution in [-0.4, -0.2) is 41.2 Å². The van der Waals surface area contributed by atoms with Crippen LogP contribution in [0.25, 0.3) is 0 Å². The van der Waals surface area contributed by atoms with Crippen molar-refractivity contribution in [3.05, 3.63) is 58.5 Å². The van der Waals surface area contributed by atoms with E-state index in [9.17, 15) is 9.59 Å². The van der Waals surface area contributed by atoms with Crippen LogP contribution in [0, 0.1) is 0 Å². The van der Waals surface area contributed by atoms with Gasteiger partial charge in [-0.25, -0.2) is 0 Å². The average Bonchev–Trinajstić information content (AvgIpc) is 2.69. The smallest absolute Gasteiger partial charge is 0.267 e. The van der Waals surface area contributed by atoms with Gasteiger partial charge in [0.15, 0.2) is 11.5 Å². The van der Waals surface area contributed by atoms with Gasteiger partial charge in [0.1, 0.15) is 6.61 Å². The van der Waals surface area contributed by atoms with Crippen LogP contribution < -0.4 is 15.0 Å². The molecule has 3 heterocycles. The Morgan fingerprint density at radius 3 is 2.58 bits per heavy atom. The van der Waals surface area contributed by atoms with E-state index in [1.165, 1.54) is 0 Å². The molecule has 0 radical (unpaired) electrons. The summed E-state index contributed by atoms with van der Waals surface area (Å²) in [5, 5.41) is 0. The Labute approximate surface area is 152 Å². The van der Waals surface area contributed by atoms with Gasteiger partial charge in [0, 0.05) is 32.4 Å². The average molecular weight is 354 g/mol. The molecule has 0 saturated carbocycles. The Balaban J connectivity index is 1.38. The van der Waals surface area contributed by atoms with E-state index in [0.29, 0.717) is 30.5 Å². The van der Waals surface area contributed by atoms with E-state index in [1.807, 2.05) is 35.2 Å². The predicted octanol–water partition coefficient (Wildman–Crippen LogP) is 1.93. The molecule has 6 nitrogen and oxygen atoms in total. The number of carbonyl (C=O) groups is 1. The molecule has 1 saturated heterocycles. The highest BCUT2D eigenvalue weighted by atomic mass is 16.6. The molecule has 0 aliphatic carbocycles. The van der Waals surface area contributed by atoms with Crippen LogP contribution in [0.3, 0.4) is 0 Å². The zero-order chi connectivity index (χ0) is 18.1. The molecular weight excluding hydrogens is 332 g/mol. The van der Waals surface area contributed by atoms with Gasteiger partial charge in [-0.2, -0.15) is 0 Å². The highest BCUT2D eigenvalue weighted by Crippen LogP contribution is 2.32. The summed E-state index contributed by atoms with van der Waals surface area (Å²) in [5.41, 5.74) is 1.07. The number of aromatic nitrogens is 1. The number of benzene rings is 1. The van der Waals surface area contributed by atoms with Gasteiger partial charge in [-0.1, -0.05) is 12.1 Å². The Kier molecular flexibility index (Phi) is 4.41. The molecule has 1 unspecified atom stereocenters. The molecule has 6 heteroatoms. The molecule has 1 fully saturated rings. The number of amides is 1. The van der Waals surface area contributed by atoms with Gasteiger partial charge in [-0.15, -0.1) is 0 Å². The summed E-state index contributed by atoms with van der Waals surface area (Å²) in [6.07, 6.45) is 2.91. The number of rotatable bonds is 2. The van der Waals surface area contributed by atoms with Crippen LogP contribution >= 0.6 is 0 Å². The maximum Gasteiger partial charge on any atom is 0.267 e. The molecular formula is C20H22N2O4.